The number of aliphatic hydroxyl groups is 1. The van der Waals surface area contributed by atoms with Crippen LogP contribution in [-0.2, 0) is 4.79 Å². The highest BCUT2D eigenvalue weighted by atomic mass is 16.3. The van der Waals surface area contributed by atoms with Gasteiger partial charge in [0.05, 0.1) is 12.1 Å². The fourth-order valence-electron chi connectivity index (χ4n) is 2.25. The number of amides is 1. The van der Waals surface area contributed by atoms with E-state index < -0.39 is 0 Å². The lowest BCUT2D eigenvalue weighted by Crippen LogP contribution is -2.45. The molecule has 1 aliphatic rings. The third-order valence-electron chi connectivity index (χ3n) is 3.50. The highest BCUT2D eigenvalue weighted by Gasteiger charge is 2.23. The van der Waals surface area contributed by atoms with Crippen LogP contribution >= 0.6 is 0 Å². The van der Waals surface area contributed by atoms with Gasteiger partial charge >= 0.3 is 0 Å². The quantitative estimate of drug-likeness (QED) is 0.652. The first-order valence-electron chi connectivity index (χ1n) is 6.84. The molecule has 3 unspecified atom stereocenters. The molecule has 3 N–H and O–H groups in total. The maximum atomic E-state index is 11.6. The minimum absolute atomic E-state index is 0.0529. The molecule has 0 heterocycles. The zero-order valence-electron chi connectivity index (χ0n) is 11.0. The molecular weight excluding hydrogens is 216 g/mol. The topological polar surface area (TPSA) is 61.4 Å². The van der Waals surface area contributed by atoms with Crippen molar-refractivity contribution >= 4 is 5.91 Å². The molecule has 100 valence electrons. The van der Waals surface area contributed by atoms with Crippen LogP contribution in [0, 0.1) is 5.92 Å². The van der Waals surface area contributed by atoms with Gasteiger partial charge in [0.1, 0.15) is 0 Å². The summed E-state index contributed by atoms with van der Waals surface area (Å²) in [4.78, 5) is 11.6. The Morgan fingerprint density at radius 2 is 2.12 bits per heavy atom. The lowest BCUT2D eigenvalue weighted by molar-refractivity contribution is -0.122. The summed E-state index contributed by atoms with van der Waals surface area (Å²) in [6.07, 6.45) is 5.06. The van der Waals surface area contributed by atoms with Gasteiger partial charge in [0.2, 0.25) is 5.91 Å². The molecule has 17 heavy (non-hydrogen) atoms. The van der Waals surface area contributed by atoms with Crippen LogP contribution in [-0.4, -0.2) is 36.2 Å². The van der Waals surface area contributed by atoms with Gasteiger partial charge in [0.25, 0.3) is 0 Å². The molecule has 4 nitrogen and oxygen atoms in total. The summed E-state index contributed by atoms with van der Waals surface area (Å²) in [5.74, 6) is 0.363. The number of carbonyl (C=O) groups is 1. The van der Waals surface area contributed by atoms with Gasteiger partial charge in [-0.1, -0.05) is 19.8 Å². The molecule has 1 amide bonds. The van der Waals surface area contributed by atoms with Gasteiger partial charge in [-0.05, 0) is 32.1 Å². The molecule has 0 aliphatic heterocycles. The molecule has 1 saturated carbocycles. The van der Waals surface area contributed by atoms with E-state index in [9.17, 15) is 9.90 Å². The summed E-state index contributed by atoms with van der Waals surface area (Å²) in [6.45, 7) is 5.38. The molecule has 0 aromatic rings. The van der Waals surface area contributed by atoms with Crippen LogP contribution in [0.25, 0.3) is 0 Å². The first-order valence-corrected chi connectivity index (χ1v) is 6.84. The van der Waals surface area contributed by atoms with E-state index in [1.165, 1.54) is 6.42 Å². The van der Waals surface area contributed by atoms with Gasteiger partial charge in [-0.3, -0.25) is 4.79 Å². The Balaban J connectivity index is 2.22. The molecule has 3 atom stereocenters. The van der Waals surface area contributed by atoms with Crippen molar-refractivity contribution < 1.29 is 9.90 Å². The molecule has 0 saturated heterocycles. The molecule has 4 heteroatoms. The number of carbonyl (C=O) groups excluding carboxylic acids is 1. The Bertz CT molecular complexity index is 233. The summed E-state index contributed by atoms with van der Waals surface area (Å²) >= 11 is 0. The van der Waals surface area contributed by atoms with Crippen molar-refractivity contribution in [3.05, 3.63) is 0 Å². The predicted molar refractivity (Wildman–Crippen MR) is 68.7 cm³/mol. The van der Waals surface area contributed by atoms with E-state index in [0.29, 0.717) is 5.92 Å². The Morgan fingerprint density at radius 1 is 1.41 bits per heavy atom. The molecule has 0 aromatic heterocycles. The zero-order valence-corrected chi connectivity index (χ0v) is 11.0. The molecule has 1 aliphatic carbocycles. The summed E-state index contributed by atoms with van der Waals surface area (Å²) in [5, 5.41) is 15.9. The standard InChI is InChI=1S/C13H26N2O2/c1-3-8-14-13(17)10(2)15-9-11-6-4-5-7-12(11)16/h10-12,15-16H,3-9H2,1-2H3,(H,14,17). The molecular formula is C13H26N2O2. The highest BCUT2D eigenvalue weighted by molar-refractivity contribution is 5.81. The fourth-order valence-corrected chi connectivity index (χ4v) is 2.25. The van der Waals surface area contributed by atoms with Crippen molar-refractivity contribution in [2.45, 2.75) is 58.1 Å². The first-order chi connectivity index (χ1) is 8.15. The maximum absolute atomic E-state index is 11.6. The van der Waals surface area contributed by atoms with Crippen LogP contribution in [0.3, 0.4) is 0 Å². The van der Waals surface area contributed by atoms with Gasteiger partial charge in [-0.25, -0.2) is 0 Å². The molecule has 1 fully saturated rings. The Hall–Kier alpha value is -0.610. The van der Waals surface area contributed by atoms with E-state index in [0.717, 1.165) is 38.8 Å². The molecule has 1 rings (SSSR count). The van der Waals surface area contributed by atoms with E-state index in [2.05, 4.69) is 10.6 Å². The van der Waals surface area contributed by atoms with Crippen LogP contribution in [0.15, 0.2) is 0 Å². The second-order valence-corrected chi connectivity index (χ2v) is 5.03. The SMILES string of the molecule is CCCNC(=O)C(C)NCC1CCCCC1O. The lowest BCUT2D eigenvalue weighted by atomic mass is 9.86. The first kappa shape index (κ1) is 14.5. The van der Waals surface area contributed by atoms with E-state index in [1.807, 2.05) is 13.8 Å². The maximum Gasteiger partial charge on any atom is 0.236 e. The molecule has 0 bridgehead atoms. The van der Waals surface area contributed by atoms with Gasteiger partial charge < -0.3 is 15.7 Å². The van der Waals surface area contributed by atoms with Gasteiger partial charge in [0, 0.05) is 13.1 Å². The van der Waals surface area contributed by atoms with Crippen LogP contribution in [0.1, 0.15) is 46.0 Å². The van der Waals surface area contributed by atoms with Gasteiger partial charge in [0.15, 0.2) is 0 Å². The third-order valence-corrected chi connectivity index (χ3v) is 3.50. The highest BCUT2D eigenvalue weighted by Crippen LogP contribution is 2.23. The number of hydrogen-bond acceptors (Lipinski definition) is 3. The Morgan fingerprint density at radius 3 is 2.76 bits per heavy atom. The van der Waals surface area contributed by atoms with Gasteiger partial charge in [-0.2, -0.15) is 0 Å². The van der Waals surface area contributed by atoms with Crippen LogP contribution in [0.2, 0.25) is 0 Å². The van der Waals surface area contributed by atoms with Gasteiger partial charge in [-0.15, -0.1) is 0 Å². The van der Waals surface area contributed by atoms with Crippen molar-refractivity contribution in [1.82, 2.24) is 10.6 Å². The van der Waals surface area contributed by atoms with Crippen LogP contribution in [0.5, 0.6) is 0 Å². The average Bonchev–Trinajstić information content (AvgIpc) is 2.34. The number of hydrogen-bond donors (Lipinski definition) is 3. The smallest absolute Gasteiger partial charge is 0.236 e. The lowest BCUT2D eigenvalue weighted by Gasteiger charge is -2.28. The largest absolute Gasteiger partial charge is 0.393 e. The molecule has 0 radical (unpaired) electrons. The fraction of sp³-hybridized carbons (Fsp3) is 0.923. The van der Waals surface area contributed by atoms with E-state index >= 15 is 0 Å². The summed E-state index contributed by atoms with van der Waals surface area (Å²) in [7, 11) is 0. The summed E-state index contributed by atoms with van der Waals surface area (Å²) < 4.78 is 0. The number of nitrogens with one attached hydrogen (secondary N) is 2. The number of aliphatic hydroxyl groups excluding tert-OH is 1. The van der Waals surface area contributed by atoms with E-state index in [1.54, 1.807) is 0 Å². The Kier molecular flexibility index (Phi) is 6.52. The second-order valence-electron chi connectivity index (χ2n) is 5.03. The van der Waals surface area contributed by atoms with Crippen molar-refractivity contribution in [2.24, 2.45) is 5.92 Å². The Labute approximate surface area is 104 Å². The molecule has 0 spiro atoms. The number of rotatable bonds is 6. The van der Waals surface area contributed by atoms with Crippen molar-refractivity contribution in [3.8, 4) is 0 Å². The minimum atomic E-state index is -0.192. The van der Waals surface area contributed by atoms with E-state index in [4.69, 9.17) is 0 Å². The predicted octanol–water partition coefficient (Wildman–Crippen LogP) is 1.04. The zero-order chi connectivity index (χ0) is 12.7. The monoisotopic (exact) mass is 242 g/mol. The van der Waals surface area contributed by atoms with Crippen molar-refractivity contribution in [2.75, 3.05) is 13.1 Å². The van der Waals surface area contributed by atoms with Crippen LogP contribution in [0.4, 0.5) is 0 Å². The summed E-state index contributed by atoms with van der Waals surface area (Å²) in [5.41, 5.74) is 0. The van der Waals surface area contributed by atoms with Crippen molar-refractivity contribution in [3.63, 3.8) is 0 Å². The molecule has 0 aromatic carbocycles. The van der Waals surface area contributed by atoms with Crippen LogP contribution < -0.4 is 10.6 Å². The average molecular weight is 242 g/mol. The second kappa shape index (κ2) is 7.67. The minimum Gasteiger partial charge on any atom is -0.393 e. The van der Waals surface area contributed by atoms with Crippen molar-refractivity contribution in [1.29, 1.82) is 0 Å². The normalized spacial score (nSPS) is 26.5. The van der Waals surface area contributed by atoms with E-state index in [-0.39, 0.29) is 18.1 Å². The third kappa shape index (κ3) is 5.04. The summed E-state index contributed by atoms with van der Waals surface area (Å²) in [6, 6.07) is -0.171.